The first kappa shape index (κ1) is 15.3. The van der Waals surface area contributed by atoms with Gasteiger partial charge in [0, 0.05) is 32.6 Å². The first-order valence-electron chi connectivity index (χ1n) is 6.46. The Balaban J connectivity index is 2.55. The Hall–Kier alpha value is -1.79. The highest BCUT2D eigenvalue weighted by atomic mass is 16.4. The topological polar surface area (TPSA) is 90.0 Å². The number of amides is 3. The molecule has 1 heterocycles. The van der Waals surface area contributed by atoms with Crippen molar-refractivity contribution in [2.24, 2.45) is 0 Å². The van der Waals surface area contributed by atoms with Crippen LogP contribution in [0.25, 0.3) is 0 Å². The second-order valence-corrected chi connectivity index (χ2v) is 4.73. The van der Waals surface area contributed by atoms with E-state index in [0.29, 0.717) is 32.5 Å². The molecule has 19 heavy (non-hydrogen) atoms. The molecule has 0 spiro atoms. The van der Waals surface area contributed by atoms with Gasteiger partial charge in [-0.2, -0.15) is 0 Å². The average molecular weight is 271 g/mol. The van der Waals surface area contributed by atoms with Gasteiger partial charge in [-0.15, -0.1) is 0 Å². The van der Waals surface area contributed by atoms with Crippen molar-refractivity contribution in [3.05, 3.63) is 0 Å². The Bertz CT molecular complexity index is 359. The fourth-order valence-corrected chi connectivity index (χ4v) is 2.21. The Morgan fingerprint density at radius 3 is 2.63 bits per heavy atom. The minimum Gasteiger partial charge on any atom is -0.480 e. The summed E-state index contributed by atoms with van der Waals surface area (Å²) in [4.78, 5) is 36.8. The molecular weight excluding hydrogens is 250 g/mol. The van der Waals surface area contributed by atoms with Crippen molar-refractivity contribution in [2.45, 2.75) is 32.7 Å². The van der Waals surface area contributed by atoms with Crippen LogP contribution >= 0.6 is 0 Å². The molecule has 7 nitrogen and oxygen atoms in total. The van der Waals surface area contributed by atoms with E-state index >= 15 is 0 Å². The number of carboxylic acid groups (broad SMARTS) is 1. The number of rotatable bonds is 5. The van der Waals surface area contributed by atoms with Crippen molar-refractivity contribution >= 4 is 17.9 Å². The number of aliphatic carboxylic acids is 1. The monoisotopic (exact) mass is 271 g/mol. The molecular formula is C12H21N3O4. The average Bonchev–Trinajstić information content (AvgIpc) is 2.74. The molecule has 1 fully saturated rings. The van der Waals surface area contributed by atoms with Crippen LogP contribution in [0, 0.1) is 0 Å². The first-order valence-corrected chi connectivity index (χ1v) is 6.46. The number of carboxylic acids is 1. The van der Waals surface area contributed by atoms with Gasteiger partial charge in [0.15, 0.2) is 0 Å². The summed E-state index contributed by atoms with van der Waals surface area (Å²) in [5.41, 5.74) is 0. The van der Waals surface area contributed by atoms with Crippen LogP contribution in [-0.4, -0.2) is 65.0 Å². The van der Waals surface area contributed by atoms with E-state index in [2.05, 4.69) is 5.32 Å². The molecule has 0 radical (unpaired) electrons. The van der Waals surface area contributed by atoms with Crippen LogP contribution in [0.4, 0.5) is 4.79 Å². The summed E-state index contributed by atoms with van der Waals surface area (Å²) < 4.78 is 0. The summed E-state index contributed by atoms with van der Waals surface area (Å²) in [7, 11) is 0. The van der Waals surface area contributed by atoms with Gasteiger partial charge in [-0.1, -0.05) is 6.92 Å². The molecule has 108 valence electrons. The molecule has 1 atom stereocenters. The predicted octanol–water partition coefficient (Wildman–Crippen LogP) is 0.113. The second-order valence-electron chi connectivity index (χ2n) is 4.73. The minimum absolute atomic E-state index is 0.0326. The highest BCUT2D eigenvalue weighted by molar-refractivity contribution is 5.80. The van der Waals surface area contributed by atoms with Gasteiger partial charge >= 0.3 is 12.0 Å². The molecule has 1 aliphatic heterocycles. The second kappa shape index (κ2) is 6.96. The molecule has 3 amide bonds. The number of hydrogen-bond donors (Lipinski definition) is 2. The van der Waals surface area contributed by atoms with Gasteiger partial charge in [0.1, 0.15) is 6.54 Å². The van der Waals surface area contributed by atoms with Gasteiger partial charge in [-0.05, 0) is 12.8 Å². The van der Waals surface area contributed by atoms with Gasteiger partial charge in [0.2, 0.25) is 5.91 Å². The van der Waals surface area contributed by atoms with Crippen molar-refractivity contribution in [3.8, 4) is 0 Å². The fourth-order valence-electron chi connectivity index (χ4n) is 2.21. The van der Waals surface area contributed by atoms with E-state index < -0.39 is 5.97 Å². The maximum atomic E-state index is 12.2. The van der Waals surface area contributed by atoms with Crippen LogP contribution in [0.1, 0.15) is 26.7 Å². The molecule has 0 aliphatic carbocycles. The van der Waals surface area contributed by atoms with Crippen LogP contribution in [0.15, 0.2) is 0 Å². The summed E-state index contributed by atoms with van der Waals surface area (Å²) >= 11 is 0. The minimum atomic E-state index is -1.01. The van der Waals surface area contributed by atoms with Crippen LogP contribution in [0.3, 0.4) is 0 Å². The highest BCUT2D eigenvalue weighted by Gasteiger charge is 2.30. The summed E-state index contributed by atoms with van der Waals surface area (Å²) in [6.07, 6.45) is 1.42. The Kier molecular flexibility index (Phi) is 5.59. The lowest BCUT2D eigenvalue weighted by Crippen LogP contribution is -2.46. The van der Waals surface area contributed by atoms with Crippen LogP contribution < -0.4 is 5.32 Å². The zero-order chi connectivity index (χ0) is 14.4. The van der Waals surface area contributed by atoms with Gasteiger partial charge in [0.05, 0.1) is 0 Å². The van der Waals surface area contributed by atoms with E-state index in [9.17, 15) is 14.4 Å². The molecule has 0 aromatic heterocycles. The smallest absolute Gasteiger partial charge is 0.323 e. The molecule has 0 saturated carbocycles. The molecule has 0 aromatic rings. The molecule has 2 N–H and O–H groups in total. The Labute approximate surface area is 112 Å². The molecule has 1 saturated heterocycles. The SMILES string of the molecule is CCCN(CC(=O)O)C(=O)N1CCC(NC(C)=O)C1. The van der Waals surface area contributed by atoms with Crippen molar-refractivity contribution in [1.82, 2.24) is 15.1 Å². The molecule has 0 aromatic carbocycles. The number of carbonyl (C=O) groups excluding carboxylic acids is 2. The molecule has 1 unspecified atom stereocenters. The summed E-state index contributed by atoms with van der Waals surface area (Å²) in [6, 6.07) is -0.299. The fraction of sp³-hybridized carbons (Fsp3) is 0.750. The maximum absolute atomic E-state index is 12.2. The lowest BCUT2D eigenvalue weighted by molar-refractivity contribution is -0.137. The number of nitrogens with one attached hydrogen (secondary N) is 1. The quantitative estimate of drug-likeness (QED) is 0.743. The van der Waals surface area contributed by atoms with Crippen molar-refractivity contribution in [2.75, 3.05) is 26.2 Å². The molecule has 0 bridgehead atoms. The normalized spacial score (nSPS) is 18.2. The lowest BCUT2D eigenvalue weighted by Gasteiger charge is -2.26. The maximum Gasteiger partial charge on any atom is 0.323 e. The molecule has 7 heteroatoms. The number of urea groups is 1. The van der Waals surface area contributed by atoms with E-state index in [0.717, 1.165) is 0 Å². The standard InChI is InChI=1S/C12H21N3O4/c1-3-5-14(8-11(17)18)12(19)15-6-4-10(7-15)13-9(2)16/h10H,3-8H2,1-2H3,(H,13,16)(H,17,18). The van der Waals surface area contributed by atoms with E-state index in [1.807, 2.05) is 6.92 Å². The third-order valence-corrected chi connectivity index (χ3v) is 2.96. The van der Waals surface area contributed by atoms with Gasteiger partial charge in [-0.25, -0.2) is 4.79 Å². The highest BCUT2D eigenvalue weighted by Crippen LogP contribution is 2.12. The van der Waals surface area contributed by atoms with Crippen molar-refractivity contribution in [3.63, 3.8) is 0 Å². The van der Waals surface area contributed by atoms with E-state index in [1.165, 1.54) is 11.8 Å². The molecule has 1 rings (SSSR count). The number of carbonyl (C=O) groups is 3. The zero-order valence-corrected chi connectivity index (χ0v) is 11.4. The largest absolute Gasteiger partial charge is 0.480 e. The van der Waals surface area contributed by atoms with Gasteiger partial charge < -0.3 is 20.2 Å². The number of hydrogen-bond acceptors (Lipinski definition) is 3. The molecule has 1 aliphatic rings. The van der Waals surface area contributed by atoms with E-state index in [1.54, 1.807) is 4.90 Å². The summed E-state index contributed by atoms with van der Waals surface area (Å²) in [5, 5.41) is 11.6. The Morgan fingerprint density at radius 1 is 1.42 bits per heavy atom. The predicted molar refractivity (Wildman–Crippen MR) is 68.7 cm³/mol. The number of likely N-dealkylation sites (tertiary alicyclic amines) is 1. The first-order chi connectivity index (χ1) is 8.93. The zero-order valence-electron chi connectivity index (χ0n) is 11.4. The third-order valence-electron chi connectivity index (χ3n) is 2.96. The van der Waals surface area contributed by atoms with E-state index in [-0.39, 0.29) is 24.5 Å². The van der Waals surface area contributed by atoms with E-state index in [4.69, 9.17) is 5.11 Å². The number of nitrogens with zero attached hydrogens (tertiary/aromatic N) is 2. The Morgan fingerprint density at radius 2 is 2.11 bits per heavy atom. The van der Waals surface area contributed by atoms with Crippen LogP contribution in [0.2, 0.25) is 0 Å². The lowest BCUT2D eigenvalue weighted by atomic mass is 10.3. The third kappa shape index (κ3) is 4.76. The summed E-state index contributed by atoms with van der Waals surface area (Å²) in [6.45, 7) is 4.47. The summed E-state index contributed by atoms with van der Waals surface area (Å²) in [5.74, 6) is -1.13. The van der Waals surface area contributed by atoms with Crippen molar-refractivity contribution in [1.29, 1.82) is 0 Å². The van der Waals surface area contributed by atoms with Crippen LogP contribution in [-0.2, 0) is 9.59 Å². The van der Waals surface area contributed by atoms with Crippen molar-refractivity contribution < 1.29 is 19.5 Å². The van der Waals surface area contributed by atoms with Crippen LogP contribution in [0.5, 0.6) is 0 Å². The van der Waals surface area contributed by atoms with Gasteiger partial charge in [0.25, 0.3) is 0 Å². The van der Waals surface area contributed by atoms with Gasteiger partial charge in [-0.3, -0.25) is 9.59 Å².